The zero-order chi connectivity index (χ0) is 13.6. The van der Waals surface area contributed by atoms with E-state index in [0.29, 0.717) is 17.1 Å². The van der Waals surface area contributed by atoms with Gasteiger partial charge in [-0.05, 0) is 31.4 Å². The van der Waals surface area contributed by atoms with Crippen LogP contribution in [0.25, 0.3) is 11.1 Å². The molecule has 3 heterocycles. The first-order valence-electron chi connectivity index (χ1n) is 7.13. The highest BCUT2D eigenvalue weighted by Gasteiger charge is 2.40. The minimum absolute atomic E-state index is 0.254. The summed E-state index contributed by atoms with van der Waals surface area (Å²) < 4.78 is 24.6. The monoisotopic (exact) mass is 276 g/mol. The van der Waals surface area contributed by atoms with Crippen LogP contribution in [0.1, 0.15) is 19.3 Å². The summed E-state index contributed by atoms with van der Waals surface area (Å²) in [6.45, 7) is 3.55. The number of rotatable bonds is 1. The van der Waals surface area contributed by atoms with Crippen LogP contribution in [0.2, 0.25) is 0 Å². The number of anilines is 1. The van der Waals surface area contributed by atoms with Crippen molar-refractivity contribution in [1.29, 1.82) is 0 Å². The van der Waals surface area contributed by atoms with Gasteiger partial charge in [-0.15, -0.1) is 0 Å². The molecule has 1 aromatic carbocycles. The Hall–Kier alpha value is -1.62. The molecule has 2 saturated heterocycles. The summed E-state index contributed by atoms with van der Waals surface area (Å²) in [4.78, 5) is 6.61. The topological polar surface area (TPSA) is 38.5 Å². The fourth-order valence-corrected chi connectivity index (χ4v) is 3.37. The number of ether oxygens (including phenoxy) is 1. The van der Waals surface area contributed by atoms with E-state index < -0.39 is 0 Å². The van der Waals surface area contributed by atoms with Crippen molar-refractivity contribution in [2.24, 2.45) is 5.41 Å². The van der Waals surface area contributed by atoms with Gasteiger partial charge in [-0.1, -0.05) is 0 Å². The summed E-state index contributed by atoms with van der Waals surface area (Å²) in [6.07, 6.45) is 3.44. The number of hydrogen-bond donors (Lipinski definition) is 0. The van der Waals surface area contributed by atoms with Crippen LogP contribution in [-0.2, 0) is 4.74 Å². The third-order valence-corrected chi connectivity index (χ3v) is 4.46. The maximum atomic E-state index is 13.2. The Balaban J connectivity index is 1.64. The molecule has 2 aromatic rings. The predicted octanol–water partition coefficient (Wildman–Crippen LogP) is 2.97. The van der Waals surface area contributed by atoms with E-state index in [2.05, 4.69) is 9.88 Å². The van der Waals surface area contributed by atoms with Crippen molar-refractivity contribution in [3.05, 3.63) is 24.0 Å². The Morgan fingerprint density at radius 2 is 2.25 bits per heavy atom. The van der Waals surface area contributed by atoms with E-state index in [1.54, 1.807) is 6.07 Å². The lowest BCUT2D eigenvalue weighted by Gasteiger charge is -2.38. The van der Waals surface area contributed by atoms with E-state index in [4.69, 9.17) is 9.15 Å². The van der Waals surface area contributed by atoms with E-state index in [1.807, 2.05) is 0 Å². The first-order valence-corrected chi connectivity index (χ1v) is 7.13. The quantitative estimate of drug-likeness (QED) is 0.802. The first kappa shape index (κ1) is 12.1. The molecule has 4 rings (SSSR count). The maximum Gasteiger partial charge on any atom is 0.298 e. The molecule has 2 aliphatic rings. The summed E-state index contributed by atoms with van der Waals surface area (Å²) in [5, 5.41) is 0. The van der Waals surface area contributed by atoms with Gasteiger partial charge < -0.3 is 14.1 Å². The molecule has 0 unspecified atom stereocenters. The zero-order valence-corrected chi connectivity index (χ0v) is 11.3. The van der Waals surface area contributed by atoms with Crippen molar-refractivity contribution >= 4 is 17.1 Å². The third kappa shape index (κ3) is 1.97. The minimum atomic E-state index is -0.281. The number of aromatic nitrogens is 1. The Morgan fingerprint density at radius 1 is 1.30 bits per heavy atom. The molecule has 0 saturated carbocycles. The van der Waals surface area contributed by atoms with Crippen LogP contribution in [0, 0.1) is 11.2 Å². The molecule has 2 aliphatic heterocycles. The standard InChI is InChI=1S/C15H17FN2O2/c16-11-2-3-13-12(8-11)17-14(20-13)18-6-1-4-15(9-18)5-7-19-10-15/h2-3,8H,1,4-7,9-10H2/t15-/m1/s1. The number of piperidine rings is 1. The molecule has 2 fully saturated rings. The van der Waals surface area contributed by atoms with Gasteiger partial charge in [0.1, 0.15) is 11.3 Å². The lowest BCUT2D eigenvalue weighted by molar-refractivity contribution is 0.138. The van der Waals surface area contributed by atoms with Crippen LogP contribution >= 0.6 is 0 Å². The van der Waals surface area contributed by atoms with Crippen molar-refractivity contribution in [2.45, 2.75) is 19.3 Å². The highest BCUT2D eigenvalue weighted by molar-refractivity contribution is 5.74. The second-order valence-corrected chi connectivity index (χ2v) is 5.94. The van der Waals surface area contributed by atoms with Gasteiger partial charge in [-0.25, -0.2) is 4.39 Å². The van der Waals surface area contributed by atoms with Crippen LogP contribution < -0.4 is 4.90 Å². The maximum absolute atomic E-state index is 13.2. The highest BCUT2D eigenvalue weighted by atomic mass is 19.1. The molecule has 4 nitrogen and oxygen atoms in total. The molecular weight excluding hydrogens is 259 g/mol. The van der Waals surface area contributed by atoms with Gasteiger partial charge in [0.15, 0.2) is 5.58 Å². The summed E-state index contributed by atoms with van der Waals surface area (Å²) in [6, 6.07) is 5.07. The van der Waals surface area contributed by atoms with Crippen molar-refractivity contribution in [2.75, 3.05) is 31.2 Å². The van der Waals surface area contributed by atoms with Gasteiger partial charge in [0.05, 0.1) is 6.61 Å². The van der Waals surface area contributed by atoms with Crippen LogP contribution in [0.3, 0.4) is 0 Å². The van der Waals surface area contributed by atoms with E-state index >= 15 is 0 Å². The van der Waals surface area contributed by atoms with Crippen LogP contribution in [0.4, 0.5) is 10.4 Å². The van der Waals surface area contributed by atoms with Crippen molar-refractivity contribution in [3.63, 3.8) is 0 Å². The lowest BCUT2D eigenvalue weighted by Crippen LogP contribution is -2.43. The largest absolute Gasteiger partial charge is 0.423 e. The number of oxazole rings is 1. The Kier molecular flexibility index (Phi) is 2.70. The fourth-order valence-electron chi connectivity index (χ4n) is 3.37. The highest BCUT2D eigenvalue weighted by Crippen LogP contribution is 2.39. The first-order chi connectivity index (χ1) is 9.74. The Morgan fingerprint density at radius 3 is 3.10 bits per heavy atom. The van der Waals surface area contributed by atoms with Gasteiger partial charge >= 0.3 is 0 Å². The number of benzene rings is 1. The average Bonchev–Trinajstić information content (AvgIpc) is 3.05. The van der Waals surface area contributed by atoms with E-state index in [-0.39, 0.29) is 11.2 Å². The Bertz CT molecular complexity index is 634. The summed E-state index contributed by atoms with van der Waals surface area (Å²) in [5.74, 6) is -0.281. The van der Waals surface area contributed by atoms with Gasteiger partial charge in [0, 0.05) is 31.2 Å². The molecule has 20 heavy (non-hydrogen) atoms. The van der Waals surface area contributed by atoms with Crippen LogP contribution in [-0.4, -0.2) is 31.3 Å². The number of hydrogen-bond acceptors (Lipinski definition) is 4. The molecule has 106 valence electrons. The van der Waals surface area contributed by atoms with Gasteiger partial charge in [0.25, 0.3) is 6.01 Å². The number of halogens is 1. The molecular formula is C15H17FN2O2. The van der Waals surface area contributed by atoms with E-state index in [9.17, 15) is 4.39 Å². The number of fused-ring (bicyclic) bond motifs is 1. The van der Waals surface area contributed by atoms with Gasteiger partial charge in [-0.2, -0.15) is 4.98 Å². The second-order valence-electron chi connectivity index (χ2n) is 5.94. The van der Waals surface area contributed by atoms with Gasteiger partial charge in [0.2, 0.25) is 0 Å². The molecule has 0 amide bonds. The molecule has 0 radical (unpaired) electrons. The summed E-state index contributed by atoms with van der Waals surface area (Å²) in [5.41, 5.74) is 1.48. The predicted molar refractivity (Wildman–Crippen MR) is 73.3 cm³/mol. The minimum Gasteiger partial charge on any atom is -0.423 e. The molecule has 1 aromatic heterocycles. The third-order valence-electron chi connectivity index (χ3n) is 4.46. The molecule has 0 bridgehead atoms. The van der Waals surface area contributed by atoms with E-state index in [0.717, 1.165) is 39.1 Å². The smallest absolute Gasteiger partial charge is 0.298 e. The molecule has 1 atom stereocenters. The van der Waals surface area contributed by atoms with Crippen LogP contribution in [0.15, 0.2) is 22.6 Å². The van der Waals surface area contributed by atoms with Crippen molar-refractivity contribution < 1.29 is 13.5 Å². The zero-order valence-electron chi connectivity index (χ0n) is 11.3. The summed E-state index contributed by atoms with van der Waals surface area (Å²) >= 11 is 0. The fraction of sp³-hybridized carbons (Fsp3) is 0.533. The van der Waals surface area contributed by atoms with Crippen LogP contribution in [0.5, 0.6) is 0 Å². The van der Waals surface area contributed by atoms with Crippen molar-refractivity contribution in [3.8, 4) is 0 Å². The average molecular weight is 276 g/mol. The van der Waals surface area contributed by atoms with Gasteiger partial charge in [-0.3, -0.25) is 0 Å². The molecule has 0 N–H and O–H groups in total. The molecule has 1 spiro atoms. The molecule has 0 aliphatic carbocycles. The Labute approximate surface area is 116 Å². The SMILES string of the molecule is Fc1ccc2oc(N3CCC[C@@]4(CCOC4)C3)nc2c1. The molecule has 5 heteroatoms. The van der Waals surface area contributed by atoms with Crippen molar-refractivity contribution in [1.82, 2.24) is 4.98 Å². The van der Waals surface area contributed by atoms with E-state index in [1.165, 1.54) is 18.6 Å². The second kappa shape index (κ2) is 4.45. The summed E-state index contributed by atoms with van der Waals surface area (Å²) in [7, 11) is 0. The normalized spacial score (nSPS) is 26.8. The lowest BCUT2D eigenvalue weighted by atomic mass is 9.79. The number of nitrogens with zero attached hydrogens (tertiary/aromatic N) is 2.